The van der Waals surface area contributed by atoms with Gasteiger partial charge in [0.15, 0.2) is 0 Å². The van der Waals surface area contributed by atoms with Crippen LogP contribution in [-0.2, 0) is 23.5 Å². The van der Waals surface area contributed by atoms with Crippen LogP contribution >= 0.6 is 46.4 Å². The molecule has 0 aliphatic rings. The molecule has 2 N–H and O–H groups in total. The summed E-state index contributed by atoms with van der Waals surface area (Å²) < 4.78 is 0. The number of hydrogen-bond donors (Lipinski definition) is 2. The molecule has 1 aromatic rings. The van der Waals surface area contributed by atoms with Gasteiger partial charge in [0, 0.05) is 22.3 Å². The molecule has 0 amide bonds. The molecule has 1 rings (SSSR count). The van der Waals surface area contributed by atoms with E-state index in [1.807, 2.05) is 0 Å². The minimum Gasteiger partial charge on any atom is -0.507 e. The highest BCUT2D eigenvalue weighted by molar-refractivity contribution is 6.20. The molecule has 0 heterocycles. The van der Waals surface area contributed by atoms with E-state index in [4.69, 9.17) is 46.4 Å². The molecule has 2 nitrogen and oxygen atoms in total. The molecule has 6 heteroatoms. The summed E-state index contributed by atoms with van der Waals surface area (Å²) in [5.74, 6) is 0.132. The molecule has 0 saturated heterocycles. The van der Waals surface area contributed by atoms with E-state index in [9.17, 15) is 10.2 Å². The van der Waals surface area contributed by atoms with Gasteiger partial charge in [-0.05, 0) is 0 Å². The molecule has 0 bridgehead atoms. The van der Waals surface area contributed by atoms with Crippen LogP contribution < -0.4 is 0 Å². The first-order valence-electron chi connectivity index (χ1n) is 4.43. The van der Waals surface area contributed by atoms with Gasteiger partial charge in [0.05, 0.1) is 23.5 Å². The zero-order valence-electron chi connectivity index (χ0n) is 8.23. The summed E-state index contributed by atoms with van der Waals surface area (Å²) in [7, 11) is 0. The van der Waals surface area contributed by atoms with Gasteiger partial charge in [-0.25, -0.2) is 0 Å². The van der Waals surface area contributed by atoms with Crippen molar-refractivity contribution in [2.75, 3.05) is 0 Å². The Balaban J connectivity index is 3.60. The third kappa shape index (κ3) is 2.30. The van der Waals surface area contributed by atoms with E-state index < -0.39 is 0 Å². The van der Waals surface area contributed by atoms with E-state index in [0.29, 0.717) is 22.3 Å². The van der Waals surface area contributed by atoms with Crippen molar-refractivity contribution in [1.82, 2.24) is 0 Å². The van der Waals surface area contributed by atoms with Gasteiger partial charge in [0.25, 0.3) is 0 Å². The largest absolute Gasteiger partial charge is 0.507 e. The molecule has 0 aromatic heterocycles. The summed E-state index contributed by atoms with van der Waals surface area (Å²) in [5.41, 5.74) is 1.61. The summed E-state index contributed by atoms with van der Waals surface area (Å²) in [5, 5.41) is 19.9. The predicted octanol–water partition coefficient (Wildman–Crippen LogP) is 4.05. The molecule has 0 aliphatic carbocycles. The number of hydrogen-bond acceptors (Lipinski definition) is 2. The molecule has 0 aliphatic heterocycles. The van der Waals surface area contributed by atoms with Gasteiger partial charge in [-0.15, -0.1) is 46.4 Å². The second kappa shape index (κ2) is 6.06. The lowest BCUT2D eigenvalue weighted by molar-refractivity contribution is 0.444. The predicted molar refractivity (Wildman–Crippen MR) is 68.0 cm³/mol. The maximum atomic E-state index is 9.94. The number of alkyl halides is 4. The lowest BCUT2D eigenvalue weighted by Gasteiger charge is -2.17. The lowest BCUT2D eigenvalue weighted by Crippen LogP contribution is -2.00. The van der Waals surface area contributed by atoms with Gasteiger partial charge in [0.1, 0.15) is 11.5 Å². The molecular weight excluding hydrogens is 294 g/mol. The van der Waals surface area contributed by atoms with E-state index in [1.54, 1.807) is 0 Å². The SMILES string of the molecule is Oc1c(CCl)c(CCl)c(O)c(CCl)c1CCl. The molecule has 0 atom stereocenters. The summed E-state index contributed by atoms with van der Waals surface area (Å²) in [4.78, 5) is 0. The first-order chi connectivity index (χ1) is 7.62. The maximum Gasteiger partial charge on any atom is 0.125 e. The van der Waals surface area contributed by atoms with Crippen LogP contribution in [0.15, 0.2) is 0 Å². The number of benzene rings is 1. The number of rotatable bonds is 4. The van der Waals surface area contributed by atoms with Gasteiger partial charge >= 0.3 is 0 Å². The van der Waals surface area contributed by atoms with Gasteiger partial charge < -0.3 is 10.2 Å². The Hall–Kier alpha value is -0.0200. The average Bonchev–Trinajstić information content (AvgIpc) is 2.30. The normalized spacial score (nSPS) is 10.8. The third-order valence-electron chi connectivity index (χ3n) is 2.41. The van der Waals surface area contributed by atoms with Gasteiger partial charge in [-0.3, -0.25) is 0 Å². The van der Waals surface area contributed by atoms with Crippen molar-refractivity contribution >= 4 is 46.4 Å². The number of aromatic hydroxyl groups is 2. The molecule has 0 saturated carbocycles. The molecule has 90 valence electrons. The van der Waals surface area contributed by atoms with Crippen molar-refractivity contribution in [1.29, 1.82) is 0 Å². The van der Waals surface area contributed by atoms with Crippen molar-refractivity contribution in [3.05, 3.63) is 22.3 Å². The van der Waals surface area contributed by atoms with Crippen LogP contribution in [0.4, 0.5) is 0 Å². The maximum absolute atomic E-state index is 9.94. The Morgan fingerprint density at radius 1 is 0.562 bits per heavy atom. The average molecular weight is 304 g/mol. The lowest BCUT2D eigenvalue weighted by atomic mass is 9.98. The van der Waals surface area contributed by atoms with Gasteiger partial charge in [0.2, 0.25) is 0 Å². The van der Waals surface area contributed by atoms with E-state index in [1.165, 1.54) is 0 Å². The summed E-state index contributed by atoms with van der Waals surface area (Å²) in [6.45, 7) is 0. The molecule has 16 heavy (non-hydrogen) atoms. The molecular formula is C10H10Cl4O2. The Bertz CT molecular complexity index is 323. The van der Waals surface area contributed by atoms with Crippen LogP contribution in [0, 0.1) is 0 Å². The van der Waals surface area contributed by atoms with Crippen molar-refractivity contribution < 1.29 is 10.2 Å². The molecule has 0 fully saturated rings. The van der Waals surface area contributed by atoms with E-state index >= 15 is 0 Å². The molecule has 0 radical (unpaired) electrons. The van der Waals surface area contributed by atoms with E-state index in [-0.39, 0.29) is 35.0 Å². The zero-order chi connectivity index (χ0) is 12.3. The highest BCUT2D eigenvalue weighted by Crippen LogP contribution is 2.40. The fourth-order valence-electron chi connectivity index (χ4n) is 1.51. The standard InChI is InChI=1S/C10H10Cl4O2/c11-1-5-6(2-12)10(16)8(4-14)7(3-13)9(5)15/h15-16H,1-4H2. The fourth-order valence-corrected chi connectivity index (χ4v) is 2.66. The van der Waals surface area contributed by atoms with Crippen molar-refractivity contribution in [3.63, 3.8) is 0 Å². The van der Waals surface area contributed by atoms with Gasteiger partial charge in [-0.2, -0.15) is 0 Å². The van der Waals surface area contributed by atoms with Crippen molar-refractivity contribution in [2.45, 2.75) is 23.5 Å². The quantitative estimate of drug-likeness (QED) is 0.650. The first kappa shape index (κ1) is 14.0. The van der Waals surface area contributed by atoms with Crippen molar-refractivity contribution in [2.24, 2.45) is 0 Å². The third-order valence-corrected chi connectivity index (χ3v) is 3.48. The molecule has 0 spiro atoms. The Kier molecular flexibility index (Phi) is 5.32. The monoisotopic (exact) mass is 302 g/mol. The minimum atomic E-state index is -0.0332. The Morgan fingerprint density at radius 2 is 0.750 bits per heavy atom. The summed E-state index contributed by atoms with van der Waals surface area (Å²) in [6, 6.07) is 0. The zero-order valence-corrected chi connectivity index (χ0v) is 11.3. The van der Waals surface area contributed by atoms with Crippen LogP contribution in [0.2, 0.25) is 0 Å². The fraction of sp³-hybridized carbons (Fsp3) is 0.400. The highest BCUT2D eigenvalue weighted by Gasteiger charge is 2.21. The summed E-state index contributed by atoms with van der Waals surface area (Å²) >= 11 is 22.8. The second-order valence-corrected chi connectivity index (χ2v) is 4.21. The number of phenols is 2. The smallest absolute Gasteiger partial charge is 0.125 e. The summed E-state index contributed by atoms with van der Waals surface area (Å²) in [6.07, 6.45) is 0. The van der Waals surface area contributed by atoms with Crippen LogP contribution in [0.5, 0.6) is 11.5 Å². The number of phenolic OH excluding ortho intramolecular Hbond substituents is 2. The van der Waals surface area contributed by atoms with Crippen LogP contribution in [0.3, 0.4) is 0 Å². The Morgan fingerprint density at radius 3 is 0.875 bits per heavy atom. The Labute approximate surface area is 114 Å². The molecule has 0 unspecified atom stereocenters. The topological polar surface area (TPSA) is 40.5 Å². The van der Waals surface area contributed by atoms with E-state index in [2.05, 4.69) is 0 Å². The molecule has 1 aromatic carbocycles. The van der Waals surface area contributed by atoms with Crippen LogP contribution in [0.1, 0.15) is 22.3 Å². The highest BCUT2D eigenvalue weighted by atomic mass is 35.5. The number of halogens is 4. The van der Waals surface area contributed by atoms with Crippen molar-refractivity contribution in [3.8, 4) is 11.5 Å². The van der Waals surface area contributed by atoms with Crippen LogP contribution in [-0.4, -0.2) is 10.2 Å². The first-order valence-corrected chi connectivity index (χ1v) is 6.57. The van der Waals surface area contributed by atoms with Crippen LogP contribution in [0.25, 0.3) is 0 Å². The minimum absolute atomic E-state index is 0.0332. The van der Waals surface area contributed by atoms with Gasteiger partial charge in [-0.1, -0.05) is 0 Å². The van der Waals surface area contributed by atoms with E-state index in [0.717, 1.165) is 0 Å². The second-order valence-electron chi connectivity index (χ2n) is 3.15.